The fourth-order valence-corrected chi connectivity index (χ4v) is 5.64. The molecule has 7 heteroatoms. The number of benzene rings is 2. The number of rotatable bonds is 6. The van der Waals surface area contributed by atoms with Crippen molar-refractivity contribution >= 4 is 40.8 Å². The molecule has 1 aromatic heterocycles. The second-order valence-corrected chi connectivity index (χ2v) is 10.9. The molecule has 2 aromatic carbocycles. The molecule has 3 N–H and O–H groups in total. The predicted octanol–water partition coefficient (Wildman–Crippen LogP) is 5.74. The van der Waals surface area contributed by atoms with Crippen molar-refractivity contribution < 1.29 is 9.59 Å². The summed E-state index contributed by atoms with van der Waals surface area (Å²) in [6.07, 6.45) is 6.54. The highest BCUT2D eigenvalue weighted by Crippen LogP contribution is 2.41. The van der Waals surface area contributed by atoms with Crippen molar-refractivity contribution in [3.05, 3.63) is 76.1 Å². The fourth-order valence-electron chi connectivity index (χ4n) is 5.51. The average Bonchev–Trinajstić information content (AvgIpc) is 3.58. The van der Waals surface area contributed by atoms with Gasteiger partial charge in [-0.2, -0.15) is 0 Å². The van der Waals surface area contributed by atoms with Gasteiger partial charge >= 0.3 is 0 Å². The van der Waals surface area contributed by atoms with Crippen LogP contribution in [0.3, 0.4) is 0 Å². The van der Waals surface area contributed by atoms with Crippen LogP contribution < -0.4 is 10.6 Å². The molecule has 1 saturated heterocycles. The molecule has 2 amide bonds. The number of H-pyrrole nitrogens is 1. The number of fused-ring (bicyclic) bond motifs is 1. The summed E-state index contributed by atoms with van der Waals surface area (Å²) < 4.78 is 0. The third-order valence-corrected chi connectivity index (χ3v) is 7.81. The van der Waals surface area contributed by atoms with Gasteiger partial charge in [0.05, 0.1) is 16.8 Å². The lowest BCUT2D eigenvalue weighted by Crippen LogP contribution is -2.43. The van der Waals surface area contributed by atoms with Crippen LogP contribution in [0.5, 0.6) is 0 Å². The van der Waals surface area contributed by atoms with E-state index in [-0.39, 0.29) is 11.8 Å². The van der Waals surface area contributed by atoms with E-state index in [0.717, 1.165) is 60.5 Å². The van der Waals surface area contributed by atoms with Crippen molar-refractivity contribution in [3.63, 3.8) is 0 Å². The first kappa shape index (κ1) is 24.0. The number of likely N-dealkylation sites (tertiary alicyclic amines) is 1. The van der Waals surface area contributed by atoms with Gasteiger partial charge in [0.1, 0.15) is 0 Å². The molecule has 2 fully saturated rings. The highest BCUT2D eigenvalue weighted by Gasteiger charge is 2.31. The maximum Gasteiger partial charge on any atom is 0.256 e. The number of aromatic nitrogens is 1. The standard InChI is InChI=1S/C30H31ClN4O2/c1-18-14-24(30(37)35-13-3-4-19(17-35)16-32-22-11-12-22)27(33-18)15-25-28-23(20-7-9-21(31)10-8-20)5-2-6-26(28)34-29(25)36/h2,5-10,14-15,19,22,32-33H,3-4,11-13,16-17H2,1H3,(H,34,36)/b25-15-. The van der Waals surface area contributed by atoms with Crippen LogP contribution in [0.25, 0.3) is 22.8 Å². The number of piperidine rings is 1. The minimum Gasteiger partial charge on any atom is -0.358 e. The summed E-state index contributed by atoms with van der Waals surface area (Å²) in [5.41, 5.74) is 6.24. The summed E-state index contributed by atoms with van der Waals surface area (Å²) >= 11 is 6.11. The van der Waals surface area contributed by atoms with Crippen LogP contribution in [-0.4, -0.2) is 47.4 Å². The molecule has 1 saturated carbocycles. The summed E-state index contributed by atoms with van der Waals surface area (Å²) in [6, 6.07) is 16.0. The Kier molecular flexibility index (Phi) is 6.39. The monoisotopic (exact) mass is 514 g/mol. The van der Waals surface area contributed by atoms with Crippen LogP contribution in [0.2, 0.25) is 5.02 Å². The number of aryl methyl sites for hydroxylation is 1. The Balaban J connectivity index is 1.32. The van der Waals surface area contributed by atoms with Crippen molar-refractivity contribution in [2.24, 2.45) is 5.92 Å². The number of aromatic amines is 1. The Morgan fingerprint density at radius 1 is 1.16 bits per heavy atom. The van der Waals surface area contributed by atoms with Gasteiger partial charge in [0.15, 0.2) is 0 Å². The summed E-state index contributed by atoms with van der Waals surface area (Å²) in [5, 5.41) is 7.27. The maximum absolute atomic E-state index is 13.7. The molecular formula is C30H31ClN4O2. The third kappa shape index (κ3) is 4.96. The Morgan fingerprint density at radius 3 is 2.76 bits per heavy atom. The molecule has 3 aromatic rings. The van der Waals surface area contributed by atoms with Gasteiger partial charge in [0, 0.05) is 41.1 Å². The van der Waals surface area contributed by atoms with E-state index in [0.29, 0.717) is 33.8 Å². The molecule has 37 heavy (non-hydrogen) atoms. The first-order valence-electron chi connectivity index (χ1n) is 13.1. The lowest BCUT2D eigenvalue weighted by atomic mass is 9.94. The average molecular weight is 515 g/mol. The zero-order valence-electron chi connectivity index (χ0n) is 20.9. The van der Waals surface area contributed by atoms with Gasteiger partial charge in [-0.3, -0.25) is 9.59 Å². The van der Waals surface area contributed by atoms with E-state index in [1.165, 1.54) is 12.8 Å². The van der Waals surface area contributed by atoms with Crippen LogP contribution in [0.4, 0.5) is 5.69 Å². The van der Waals surface area contributed by atoms with Crippen molar-refractivity contribution in [1.29, 1.82) is 0 Å². The van der Waals surface area contributed by atoms with Crippen molar-refractivity contribution in [2.45, 2.75) is 38.6 Å². The van der Waals surface area contributed by atoms with Gasteiger partial charge in [-0.25, -0.2) is 0 Å². The highest BCUT2D eigenvalue weighted by molar-refractivity contribution is 6.36. The SMILES string of the molecule is Cc1cc(C(=O)N2CCCC(CNC3CC3)C2)c(/C=C2\C(=O)Nc3cccc(-c4ccc(Cl)cc4)c32)[nH]1. The number of carbonyl (C=O) groups is 2. The van der Waals surface area contributed by atoms with E-state index in [1.54, 1.807) is 0 Å². The Hall–Kier alpha value is -3.35. The Labute approximate surface area is 222 Å². The normalized spacial score (nSPS) is 20.3. The first-order valence-corrected chi connectivity index (χ1v) is 13.5. The minimum absolute atomic E-state index is 0.0249. The van der Waals surface area contributed by atoms with Crippen molar-refractivity contribution in [1.82, 2.24) is 15.2 Å². The molecule has 1 atom stereocenters. The van der Waals surface area contributed by atoms with E-state index in [9.17, 15) is 9.59 Å². The van der Waals surface area contributed by atoms with E-state index < -0.39 is 0 Å². The fraction of sp³-hybridized carbons (Fsp3) is 0.333. The number of carbonyl (C=O) groups excluding carboxylic acids is 2. The van der Waals surface area contributed by atoms with Crippen molar-refractivity contribution in [3.8, 4) is 11.1 Å². The zero-order valence-corrected chi connectivity index (χ0v) is 21.7. The zero-order chi connectivity index (χ0) is 25.5. The molecule has 1 unspecified atom stereocenters. The molecule has 0 bridgehead atoms. The molecule has 6 rings (SSSR count). The van der Waals surface area contributed by atoms with E-state index in [2.05, 4.69) is 15.6 Å². The molecule has 3 aliphatic rings. The van der Waals surface area contributed by atoms with Gasteiger partial charge in [0.25, 0.3) is 11.8 Å². The minimum atomic E-state index is -0.175. The lowest BCUT2D eigenvalue weighted by molar-refractivity contribution is -0.110. The van der Waals surface area contributed by atoms with Gasteiger partial charge in [-0.15, -0.1) is 0 Å². The molecule has 3 heterocycles. The number of halogens is 1. The largest absolute Gasteiger partial charge is 0.358 e. The Bertz CT molecular complexity index is 1390. The topological polar surface area (TPSA) is 77.2 Å². The molecule has 2 aliphatic heterocycles. The predicted molar refractivity (Wildman–Crippen MR) is 149 cm³/mol. The molecule has 0 radical (unpaired) electrons. The van der Waals surface area contributed by atoms with Gasteiger partial charge < -0.3 is 20.5 Å². The van der Waals surface area contributed by atoms with Gasteiger partial charge in [-0.05, 0) is 86.5 Å². The van der Waals surface area contributed by atoms with E-state index in [1.807, 2.05) is 66.4 Å². The Morgan fingerprint density at radius 2 is 1.97 bits per heavy atom. The number of hydrogen-bond acceptors (Lipinski definition) is 3. The smallest absolute Gasteiger partial charge is 0.256 e. The molecule has 0 spiro atoms. The summed E-state index contributed by atoms with van der Waals surface area (Å²) in [7, 11) is 0. The number of nitrogens with one attached hydrogen (secondary N) is 3. The number of hydrogen-bond donors (Lipinski definition) is 3. The second kappa shape index (κ2) is 9.84. The van der Waals surface area contributed by atoms with Crippen LogP contribution in [0, 0.1) is 12.8 Å². The molecule has 190 valence electrons. The second-order valence-electron chi connectivity index (χ2n) is 10.5. The van der Waals surface area contributed by atoms with E-state index >= 15 is 0 Å². The molecular weight excluding hydrogens is 484 g/mol. The lowest BCUT2D eigenvalue weighted by Gasteiger charge is -2.33. The van der Waals surface area contributed by atoms with E-state index in [4.69, 9.17) is 11.6 Å². The number of nitrogens with zero attached hydrogens (tertiary/aromatic N) is 1. The molecule has 6 nitrogen and oxygen atoms in total. The summed E-state index contributed by atoms with van der Waals surface area (Å²) in [4.78, 5) is 32.1. The van der Waals surface area contributed by atoms with Crippen molar-refractivity contribution in [2.75, 3.05) is 25.0 Å². The van der Waals surface area contributed by atoms with Gasteiger partial charge in [0.2, 0.25) is 0 Å². The summed E-state index contributed by atoms with van der Waals surface area (Å²) in [5.74, 6) is 0.331. The first-order chi connectivity index (χ1) is 18.0. The highest BCUT2D eigenvalue weighted by atomic mass is 35.5. The van der Waals surface area contributed by atoms with Crippen LogP contribution in [0.1, 0.15) is 53.0 Å². The molecule has 1 aliphatic carbocycles. The maximum atomic E-state index is 13.7. The summed E-state index contributed by atoms with van der Waals surface area (Å²) in [6.45, 7) is 4.45. The quantitative estimate of drug-likeness (QED) is 0.367. The number of amides is 2. The third-order valence-electron chi connectivity index (χ3n) is 7.56. The number of anilines is 1. The van der Waals surface area contributed by atoms with Gasteiger partial charge in [-0.1, -0.05) is 35.9 Å². The van der Waals surface area contributed by atoms with Crippen LogP contribution >= 0.6 is 11.6 Å². The van der Waals surface area contributed by atoms with Crippen LogP contribution in [-0.2, 0) is 4.79 Å². The van der Waals surface area contributed by atoms with Crippen LogP contribution in [0.15, 0.2) is 48.5 Å².